The molecule has 1 N–H and O–H groups in total. The molecule has 0 fully saturated rings. The van der Waals surface area contributed by atoms with Gasteiger partial charge in [0.05, 0.1) is 6.26 Å². The zero-order chi connectivity index (χ0) is 4.50. The van der Waals surface area contributed by atoms with Gasteiger partial charge in [-0.1, -0.05) is 0 Å². The normalized spacial score (nSPS) is 7.25. The highest BCUT2D eigenvalue weighted by Gasteiger charge is 1.81. The van der Waals surface area contributed by atoms with E-state index < -0.39 is 10.1 Å². The second-order valence-electron chi connectivity index (χ2n) is 0.733. The zero-order valence-corrected chi connectivity index (χ0v) is 7.16. The van der Waals surface area contributed by atoms with Crippen molar-refractivity contribution in [1.29, 1.82) is 0 Å². The van der Waals surface area contributed by atoms with Gasteiger partial charge in [0.15, 0.2) is 0 Å². The second kappa shape index (κ2) is 7.78. The van der Waals surface area contributed by atoms with E-state index in [4.69, 9.17) is 4.55 Å². The minimum Gasteiger partial charge on any atom is -0.286 e. The van der Waals surface area contributed by atoms with E-state index in [1.54, 1.807) is 0 Å². The van der Waals surface area contributed by atoms with Gasteiger partial charge >= 0.3 is 0 Å². The SMILES string of the molecule is CS(=O)(=O)O.Cl.Cl.Cl. The van der Waals surface area contributed by atoms with Crippen molar-refractivity contribution >= 4 is 47.3 Å². The topological polar surface area (TPSA) is 54.4 Å². The Labute approximate surface area is 66.8 Å². The van der Waals surface area contributed by atoms with Crippen LogP contribution in [0.1, 0.15) is 0 Å². The first-order valence-corrected chi connectivity index (χ1v) is 2.77. The van der Waals surface area contributed by atoms with Crippen LogP contribution in [-0.4, -0.2) is 19.2 Å². The largest absolute Gasteiger partial charge is 0.286 e. The predicted octanol–water partition coefficient (Wildman–Crippen LogP) is 0.769. The van der Waals surface area contributed by atoms with Crippen molar-refractivity contribution in [3.63, 3.8) is 0 Å². The van der Waals surface area contributed by atoms with E-state index >= 15 is 0 Å². The fourth-order valence-corrected chi connectivity index (χ4v) is 0. The Morgan fingerprint density at radius 1 is 1.12 bits per heavy atom. The van der Waals surface area contributed by atoms with Crippen molar-refractivity contribution < 1.29 is 13.0 Å². The average Bonchev–Trinajstić information content (AvgIpc) is 0.722. The van der Waals surface area contributed by atoms with Crippen LogP contribution in [-0.2, 0) is 10.1 Å². The maximum Gasteiger partial charge on any atom is 0.261 e. The lowest BCUT2D eigenvalue weighted by Gasteiger charge is -1.69. The highest BCUT2D eigenvalue weighted by molar-refractivity contribution is 7.85. The molecule has 0 aliphatic carbocycles. The van der Waals surface area contributed by atoms with Gasteiger partial charge in [0.25, 0.3) is 10.1 Å². The molecule has 0 amide bonds. The molecule has 7 heteroatoms. The van der Waals surface area contributed by atoms with Crippen LogP contribution >= 0.6 is 37.2 Å². The Morgan fingerprint density at radius 2 is 1.12 bits per heavy atom. The molecule has 3 nitrogen and oxygen atoms in total. The highest BCUT2D eigenvalue weighted by Crippen LogP contribution is 1.60. The second-order valence-corrected chi connectivity index (χ2v) is 2.20. The summed E-state index contributed by atoms with van der Waals surface area (Å²) >= 11 is 0. The monoisotopic (exact) mass is 204 g/mol. The first-order chi connectivity index (χ1) is 2.00. The minimum absolute atomic E-state index is 0. The van der Waals surface area contributed by atoms with Crippen LogP contribution < -0.4 is 0 Å². The van der Waals surface area contributed by atoms with E-state index in [1.807, 2.05) is 0 Å². The summed E-state index contributed by atoms with van der Waals surface area (Å²) in [5, 5.41) is 0. The number of hydrogen-bond donors (Lipinski definition) is 1. The van der Waals surface area contributed by atoms with Gasteiger partial charge < -0.3 is 0 Å². The van der Waals surface area contributed by atoms with E-state index in [1.165, 1.54) is 0 Å². The summed E-state index contributed by atoms with van der Waals surface area (Å²) < 4.78 is 25.9. The molecule has 0 atom stereocenters. The van der Waals surface area contributed by atoms with Crippen molar-refractivity contribution in [1.82, 2.24) is 0 Å². The first kappa shape index (κ1) is 23.3. The Balaban J connectivity index is -0.0000000267. The lowest BCUT2D eigenvalue weighted by atomic mass is 12.0. The van der Waals surface area contributed by atoms with Crippen molar-refractivity contribution in [3.8, 4) is 0 Å². The van der Waals surface area contributed by atoms with Crippen LogP contribution in [0.4, 0.5) is 0 Å². The number of hydrogen-bond acceptors (Lipinski definition) is 2. The van der Waals surface area contributed by atoms with Crippen molar-refractivity contribution in [2.75, 3.05) is 6.26 Å². The predicted molar refractivity (Wildman–Crippen MR) is 39.2 cm³/mol. The maximum absolute atomic E-state index is 9.19. The van der Waals surface area contributed by atoms with E-state index in [0.717, 1.165) is 0 Å². The summed E-state index contributed by atoms with van der Waals surface area (Å²) in [7, 11) is -3.67. The Hall–Kier alpha value is 0.780. The van der Waals surface area contributed by atoms with Gasteiger partial charge in [0, 0.05) is 0 Å². The van der Waals surface area contributed by atoms with E-state index in [-0.39, 0.29) is 37.2 Å². The van der Waals surface area contributed by atoms with E-state index in [2.05, 4.69) is 0 Å². The summed E-state index contributed by atoms with van der Waals surface area (Å²) in [5.41, 5.74) is 0. The first-order valence-electron chi connectivity index (χ1n) is 0.924. The Morgan fingerprint density at radius 3 is 1.12 bits per heavy atom. The third-order valence-corrected chi connectivity index (χ3v) is 0. The molecule has 0 aliphatic heterocycles. The maximum atomic E-state index is 9.19. The molecule has 0 spiro atoms. The summed E-state index contributed by atoms with van der Waals surface area (Å²) in [6.07, 6.45) is 0.715. The van der Waals surface area contributed by atoms with Crippen LogP contribution in [0.25, 0.3) is 0 Å². The molecule has 0 aromatic carbocycles. The Bertz CT molecular complexity index is 97.7. The van der Waals surface area contributed by atoms with Crippen LogP contribution in [0.3, 0.4) is 0 Å². The molecule has 0 saturated carbocycles. The number of halogens is 3. The molecule has 0 unspecified atom stereocenters. The van der Waals surface area contributed by atoms with Crippen molar-refractivity contribution in [2.24, 2.45) is 0 Å². The molecule has 56 valence electrons. The molecule has 0 radical (unpaired) electrons. The van der Waals surface area contributed by atoms with Gasteiger partial charge in [-0.05, 0) is 0 Å². The van der Waals surface area contributed by atoms with Gasteiger partial charge in [-0.2, -0.15) is 8.42 Å². The summed E-state index contributed by atoms with van der Waals surface area (Å²) in [5.74, 6) is 0. The molecular weight excluding hydrogens is 198 g/mol. The molecule has 0 bridgehead atoms. The van der Waals surface area contributed by atoms with E-state index in [0.29, 0.717) is 6.26 Å². The molecule has 0 heterocycles. The molecule has 0 rings (SSSR count). The zero-order valence-electron chi connectivity index (χ0n) is 3.90. The highest BCUT2D eigenvalue weighted by atomic mass is 35.5. The van der Waals surface area contributed by atoms with Gasteiger partial charge in [-0.3, -0.25) is 4.55 Å². The third-order valence-electron chi connectivity index (χ3n) is 0. The van der Waals surface area contributed by atoms with Crippen LogP contribution in [0.5, 0.6) is 0 Å². The summed E-state index contributed by atoms with van der Waals surface area (Å²) in [4.78, 5) is 0. The molecular formula is CH7Cl3O3S. The Kier molecular flexibility index (Phi) is 22.6. The quantitative estimate of drug-likeness (QED) is 0.594. The molecule has 8 heavy (non-hydrogen) atoms. The lowest BCUT2D eigenvalue weighted by Crippen LogP contribution is -1.88. The molecule has 0 saturated heterocycles. The third kappa shape index (κ3) is 372. The van der Waals surface area contributed by atoms with Gasteiger partial charge in [0.2, 0.25) is 0 Å². The van der Waals surface area contributed by atoms with Crippen molar-refractivity contribution in [2.45, 2.75) is 0 Å². The smallest absolute Gasteiger partial charge is 0.261 e. The molecule has 0 aromatic heterocycles. The van der Waals surface area contributed by atoms with Crippen LogP contribution in [0, 0.1) is 0 Å². The van der Waals surface area contributed by atoms with Gasteiger partial charge in [0.1, 0.15) is 0 Å². The van der Waals surface area contributed by atoms with Gasteiger partial charge in [-0.25, -0.2) is 0 Å². The lowest BCUT2D eigenvalue weighted by molar-refractivity contribution is 0.490. The van der Waals surface area contributed by atoms with Gasteiger partial charge in [-0.15, -0.1) is 37.2 Å². The summed E-state index contributed by atoms with van der Waals surface area (Å²) in [6.45, 7) is 0. The van der Waals surface area contributed by atoms with Crippen molar-refractivity contribution in [3.05, 3.63) is 0 Å². The number of rotatable bonds is 0. The van der Waals surface area contributed by atoms with Crippen LogP contribution in [0.2, 0.25) is 0 Å². The molecule has 0 aromatic rings. The minimum atomic E-state index is -3.67. The fourth-order valence-electron chi connectivity index (χ4n) is 0. The van der Waals surface area contributed by atoms with Crippen LogP contribution in [0.15, 0.2) is 0 Å². The summed E-state index contributed by atoms with van der Waals surface area (Å²) in [6, 6.07) is 0. The standard InChI is InChI=1S/CH4O3S.3ClH/c1-5(2,3)4;;;/h1H3,(H,2,3,4);3*1H. The molecule has 0 aliphatic rings. The fraction of sp³-hybridized carbons (Fsp3) is 1.00. The van der Waals surface area contributed by atoms with E-state index in [9.17, 15) is 8.42 Å². The average molecular weight is 205 g/mol.